The van der Waals surface area contributed by atoms with E-state index in [0.717, 1.165) is 49.0 Å². The number of hydrogen-bond donors (Lipinski definition) is 0. The third-order valence-corrected chi connectivity index (χ3v) is 6.14. The van der Waals surface area contributed by atoms with Crippen LogP contribution in [-0.2, 0) is 6.18 Å². The summed E-state index contributed by atoms with van der Waals surface area (Å²) in [5.41, 5.74) is 0.311. The molecule has 4 nitrogen and oxygen atoms in total. The highest BCUT2D eigenvalue weighted by Gasteiger charge is 2.31. The Morgan fingerprint density at radius 2 is 1.78 bits per heavy atom. The fraction of sp³-hybridized carbons (Fsp3) is 0.368. The third-order valence-electron chi connectivity index (χ3n) is 4.93. The molecule has 0 N–H and O–H groups in total. The minimum atomic E-state index is -4.35. The first-order valence-electron chi connectivity index (χ1n) is 8.79. The average Bonchev–Trinajstić information content (AvgIpc) is 3.11. The summed E-state index contributed by atoms with van der Waals surface area (Å²) in [7, 11) is 0. The zero-order chi connectivity index (χ0) is 19.0. The minimum Gasteiger partial charge on any atom is -0.354 e. The second-order valence-corrected chi connectivity index (χ2v) is 7.68. The average molecular weight is 392 g/mol. The molecule has 0 amide bonds. The fourth-order valence-corrected chi connectivity index (χ4v) is 4.36. The van der Waals surface area contributed by atoms with Crippen LogP contribution in [0.15, 0.2) is 42.6 Å². The number of piperazine rings is 1. The van der Waals surface area contributed by atoms with E-state index in [1.807, 2.05) is 23.1 Å². The minimum absolute atomic E-state index is 0.213. The molecule has 142 valence electrons. The highest BCUT2D eigenvalue weighted by atomic mass is 32.1. The predicted molar refractivity (Wildman–Crippen MR) is 101 cm³/mol. The topological polar surface area (TPSA) is 32.3 Å². The first-order chi connectivity index (χ1) is 12.9. The Bertz CT molecular complexity index is 882. The Balaban J connectivity index is 1.41. The molecule has 0 radical (unpaired) electrons. The lowest BCUT2D eigenvalue weighted by Crippen LogP contribution is -2.47. The SMILES string of the molecule is C[C@H](c1nc2ccccc2s1)N1CCN(c2ccc(C(F)(F)F)cn2)CC1. The number of thiazole rings is 1. The van der Waals surface area contributed by atoms with Crippen molar-refractivity contribution in [2.75, 3.05) is 31.1 Å². The van der Waals surface area contributed by atoms with Gasteiger partial charge in [0, 0.05) is 32.4 Å². The van der Waals surface area contributed by atoms with Crippen LogP contribution in [0.2, 0.25) is 0 Å². The monoisotopic (exact) mass is 392 g/mol. The Hall–Kier alpha value is -2.19. The molecule has 1 aliphatic heterocycles. The summed E-state index contributed by atoms with van der Waals surface area (Å²) >= 11 is 1.71. The number of hydrogen-bond acceptors (Lipinski definition) is 5. The maximum Gasteiger partial charge on any atom is 0.417 e. The molecular weight excluding hydrogens is 373 g/mol. The molecule has 0 bridgehead atoms. The molecule has 0 spiro atoms. The Kier molecular flexibility index (Phi) is 4.77. The summed E-state index contributed by atoms with van der Waals surface area (Å²) in [4.78, 5) is 13.1. The van der Waals surface area contributed by atoms with E-state index in [9.17, 15) is 13.2 Å². The van der Waals surface area contributed by atoms with Crippen molar-refractivity contribution in [3.63, 3.8) is 0 Å². The van der Waals surface area contributed by atoms with Crippen LogP contribution in [0.5, 0.6) is 0 Å². The summed E-state index contributed by atoms with van der Waals surface area (Å²) in [5.74, 6) is 0.593. The molecule has 3 heterocycles. The van der Waals surface area contributed by atoms with Crippen LogP contribution in [-0.4, -0.2) is 41.0 Å². The maximum atomic E-state index is 12.7. The van der Waals surface area contributed by atoms with Crippen molar-refractivity contribution in [2.24, 2.45) is 0 Å². The van der Waals surface area contributed by atoms with Crippen LogP contribution >= 0.6 is 11.3 Å². The number of nitrogens with zero attached hydrogens (tertiary/aromatic N) is 4. The largest absolute Gasteiger partial charge is 0.417 e. The van der Waals surface area contributed by atoms with Crippen LogP contribution in [0.1, 0.15) is 23.5 Å². The number of benzene rings is 1. The molecule has 1 saturated heterocycles. The summed E-state index contributed by atoms with van der Waals surface area (Å²) in [6.07, 6.45) is -3.44. The number of halogens is 3. The summed E-state index contributed by atoms with van der Waals surface area (Å²) < 4.78 is 39.2. The van der Waals surface area contributed by atoms with Crippen molar-refractivity contribution in [1.29, 1.82) is 0 Å². The van der Waals surface area contributed by atoms with Gasteiger partial charge in [0.2, 0.25) is 0 Å². The number of rotatable bonds is 3. The van der Waals surface area contributed by atoms with Gasteiger partial charge < -0.3 is 4.90 Å². The fourth-order valence-electron chi connectivity index (χ4n) is 3.30. The van der Waals surface area contributed by atoms with Crippen molar-refractivity contribution < 1.29 is 13.2 Å². The van der Waals surface area contributed by atoms with Gasteiger partial charge in [-0.25, -0.2) is 9.97 Å². The van der Waals surface area contributed by atoms with E-state index in [-0.39, 0.29) is 6.04 Å². The van der Waals surface area contributed by atoms with Gasteiger partial charge in [-0.2, -0.15) is 13.2 Å². The normalized spacial score (nSPS) is 17.4. The second-order valence-electron chi connectivity index (χ2n) is 6.62. The maximum absolute atomic E-state index is 12.7. The van der Waals surface area contributed by atoms with Crippen molar-refractivity contribution in [2.45, 2.75) is 19.1 Å². The predicted octanol–water partition coefficient (Wildman–Crippen LogP) is 4.59. The zero-order valence-corrected chi connectivity index (χ0v) is 15.6. The summed E-state index contributed by atoms with van der Waals surface area (Å²) in [6.45, 7) is 5.25. The molecule has 1 fully saturated rings. The van der Waals surface area contributed by atoms with Crippen LogP contribution < -0.4 is 4.90 Å². The Morgan fingerprint density at radius 1 is 1.04 bits per heavy atom. The molecule has 1 atom stereocenters. The van der Waals surface area contributed by atoms with Gasteiger partial charge in [0.15, 0.2) is 0 Å². The standard InChI is InChI=1S/C19H19F3N4S/c1-13(18-24-15-4-2-3-5-16(15)27-18)25-8-10-26(11-9-25)17-7-6-14(12-23-17)19(20,21)22/h2-7,12-13H,8-11H2,1H3/t13-/m1/s1. The van der Waals surface area contributed by atoms with Crippen molar-refractivity contribution in [3.05, 3.63) is 53.2 Å². The summed E-state index contributed by atoms with van der Waals surface area (Å²) in [5, 5.41) is 1.09. The molecule has 1 aliphatic rings. The number of fused-ring (bicyclic) bond motifs is 1. The Labute approximate surface area is 159 Å². The molecule has 0 saturated carbocycles. The smallest absolute Gasteiger partial charge is 0.354 e. The lowest BCUT2D eigenvalue weighted by molar-refractivity contribution is -0.137. The lowest BCUT2D eigenvalue weighted by atomic mass is 10.2. The first-order valence-corrected chi connectivity index (χ1v) is 9.61. The van der Waals surface area contributed by atoms with Gasteiger partial charge >= 0.3 is 6.18 Å². The van der Waals surface area contributed by atoms with Gasteiger partial charge in [-0.05, 0) is 31.2 Å². The molecule has 0 unspecified atom stereocenters. The molecule has 0 aliphatic carbocycles. The summed E-state index contributed by atoms with van der Waals surface area (Å²) in [6, 6.07) is 10.9. The molecular formula is C19H19F3N4S. The lowest BCUT2D eigenvalue weighted by Gasteiger charge is -2.38. The van der Waals surface area contributed by atoms with Gasteiger partial charge in [0.25, 0.3) is 0 Å². The van der Waals surface area contributed by atoms with Crippen molar-refractivity contribution in [3.8, 4) is 0 Å². The van der Waals surface area contributed by atoms with Crippen molar-refractivity contribution >= 4 is 27.4 Å². The van der Waals surface area contributed by atoms with Gasteiger partial charge in [-0.1, -0.05) is 12.1 Å². The van der Waals surface area contributed by atoms with Crippen molar-refractivity contribution in [1.82, 2.24) is 14.9 Å². The van der Waals surface area contributed by atoms with E-state index in [0.29, 0.717) is 5.82 Å². The number of anilines is 1. The highest BCUT2D eigenvalue weighted by Crippen LogP contribution is 2.31. The number of pyridine rings is 1. The highest BCUT2D eigenvalue weighted by molar-refractivity contribution is 7.18. The van der Waals surface area contributed by atoms with E-state index in [1.54, 1.807) is 11.3 Å². The molecule has 1 aromatic carbocycles. The van der Waals surface area contributed by atoms with E-state index in [4.69, 9.17) is 4.98 Å². The van der Waals surface area contributed by atoms with E-state index in [1.165, 1.54) is 10.8 Å². The third kappa shape index (κ3) is 3.77. The molecule has 4 rings (SSSR count). The van der Waals surface area contributed by atoms with Gasteiger partial charge in [0.05, 0.1) is 21.8 Å². The van der Waals surface area contributed by atoms with Crippen LogP contribution in [0, 0.1) is 0 Å². The molecule has 27 heavy (non-hydrogen) atoms. The van der Waals surface area contributed by atoms with Crippen LogP contribution in [0.3, 0.4) is 0 Å². The van der Waals surface area contributed by atoms with Gasteiger partial charge in [-0.15, -0.1) is 11.3 Å². The van der Waals surface area contributed by atoms with E-state index >= 15 is 0 Å². The zero-order valence-electron chi connectivity index (χ0n) is 14.8. The number of aromatic nitrogens is 2. The number of para-hydroxylation sites is 1. The number of alkyl halides is 3. The molecule has 3 aromatic rings. The van der Waals surface area contributed by atoms with Crippen LogP contribution in [0.25, 0.3) is 10.2 Å². The van der Waals surface area contributed by atoms with Gasteiger partial charge in [-0.3, -0.25) is 4.90 Å². The molecule has 2 aromatic heterocycles. The van der Waals surface area contributed by atoms with E-state index in [2.05, 4.69) is 22.9 Å². The molecule has 8 heteroatoms. The second kappa shape index (κ2) is 7.09. The quantitative estimate of drug-likeness (QED) is 0.652. The first kappa shape index (κ1) is 18.2. The van der Waals surface area contributed by atoms with E-state index < -0.39 is 11.7 Å². The Morgan fingerprint density at radius 3 is 2.41 bits per heavy atom. The van der Waals surface area contributed by atoms with Gasteiger partial charge in [0.1, 0.15) is 10.8 Å². The van der Waals surface area contributed by atoms with Crippen LogP contribution in [0.4, 0.5) is 19.0 Å².